The summed E-state index contributed by atoms with van der Waals surface area (Å²) in [6.45, 7) is 3.54. The Morgan fingerprint density at radius 3 is 2.53 bits per heavy atom. The number of carbonyl (C=O) groups excluding carboxylic acids is 4. The van der Waals surface area contributed by atoms with Crippen LogP contribution < -0.4 is 9.75 Å². The van der Waals surface area contributed by atoms with Crippen molar-refractivity contribution in [2.45, 2.75) is 38.8 Å². The van der Waals surface area contributed by atoms with Crippen LogP contribution in [0.5, 0.6) is 11.5 Å². The summed E-state index contributed by atoms with van der Waals surface area (Å²) in [5.41, 5.74) is 0.286. The van der Waals surface area contributed by atoms with Crippen molar-refractivity contribution in [3.63, 3.8) is 0 Å². The number of rotatable bonds is 5. The Hall–Kier alpha value is -4.45. The predicted molar refractivity (Wildman–Crippen MR) is 155 cm³/mol. The summed E-state index contributed by atoms with van der Waals surface area (Å²) in [5.74, 6) is -6.12. The highest BCUT2D eigenvalue weighted by molar-refractivity contribution is 6.33. The second-order valence-corrected chi connectivity index (χ2v) is 11.8. The van der Waals surface area contributed by atoms with Gasteiger partial charge in [0, 0.05) is 35.2 Å². The lowest BCUT2D eigenvalue weighted by Gasteiger charge is -2.42. The summed E-state index contributed by atoms with van der Waals surface area (Å²) >= 11 is 6.19. The van der Waals surface area contributed by atoms with Crippen molar-refractivity contribution in [2.75, 3.05) is 18.7 Å². The van der Waals surface area contributed by atoms with E-state index >= 15 is 0 Å². The maximum Gasteiger partial charge on any atom is 0.433 e. The van der Waals surface area contributed by atoms with Gasteiger partial charge in [0.15, 0.2) is 28.9 Å². The first-order valence-corrected chi connectivity index (χ1v) is 14.6. The van der Waals surface area contributed by atoms with Crippen LogP contribution in [0.3, 0.4) is 0 Å². The summed E-state index contributed by atoms with van der Waals surface area (Å²) in [6.07, 6.45) is -1.72. The monoisotopic (exact) mass is 641 g/mol. The molecule has 0 spiro atoms. The number of ketones is 2. The Morgan fingerprint density at radius 2 is 1.84 bits per heavy atom. The van der Waals surface area contributed by atoms with Gasteiger partial charge in [-0.2, -0.15) is 18.2 Å². The number of nitrogens with zero attached hydrogens (tertiary/aromatic N) is 3. The minimum absolute atomic E-state index is 0.0156. The Balaban J connectivity index is 1.45. The van der Waals surface area contributed by atoms with Gasteiger partial charge in [-0.3, -0.25) is 24.2 Å². The number of hydrogen-bond donors (Lipinski definition) is 1. The van der Waals surface area contributed by atoms with Crippen LogP contribution in [0.4, 0.5) is 19.0 Å². The number of pyridine rings is 1. The van der Waals surface area contributed by atoms with Crippen molar-refractivity contribution in [2.24, 2.45) is 17.8 Å². The summed E-state index contributed by atoms with van der Waals surface area (Å²) < 4.78 is 45.9. The van der Waals surface area contributed by atoms with Gasteiger partial charge < -0.3 is 9.84 Å². The molecule has 234 valence electrons. The zero-order chi connectivity index (χ0) is 32.5. The molecule has 1 aliphatic heterocycles. The Kier molecular flexibility index (Phi) is 7.38. The molecule has 9 nitrogen and oxygen atoms in total. The van der Waals surface area contributed by atoms with Gasteiger partial charge in [0.25, 0.3) is 11.8 Å². The van der Waals surface area contributed by atoms with Gasteiger partial charge in [0.05, 0.1) is 23.5 Å². The number of alkyl halides is 3. The molecule has 2 heterocycles. The highest BCUT2D eigenvalue weighted by Gasteiger charge is 2.58. The molecule has 0 saturated carbocycles. The van der Waals surface area contributed by atoms with E-state index < -0.39 is 59.0 Å². The van der Waals surface area contributed by atoms with Gasteiger partial charge >= 0.3 is 6.18 Å². The zero-order valence-electron chi connectivity index (χ0n) is 24.3. The maximum atomic E-state index is 14.1. The van der Waals surface area contributed by atoms with E-state index in [0.717, 1.165) is 16.1 Å². The average Bonchev–Trinajstić information content (AvgIpc) is 3.25. The number of hydrazine groups is 1. The summed E-state index contributed by atoms with van der Waals surface area (Å²) in [6, 6.07) is 6.54. The molecule has 4 aliphatic rings. The number of fused-ring (bicyclic) bond motifs is 3. The molecule has 45 heavy (non-hydrogen) atoms. The van der Waals surface area contributed by atoms with Crippen LogP contribution >= 0.6 is 11.6 Å². The number of ether oxygens (including phenoxy) is 1. The first-order chi connectivity index (χ1) is 21.3. The van der Waals surface area contributed by atoms with E-state index in [9.17, 15) is 37.5 Å². The molecule has 0 radical (unpaired) electrons. The van der Waals surface area contributed by atoms with Crippen molar-refractivity contribution in [3.05, 3.63) is 81.1 Å². The maximum absolute atomic E-state index is 14.1. The van der Waals surface area contributed by atoms with Crippen molar-refractivity contribution < 1.29 is 42.2 Å². The standard InChI is InChI=1S/C32H27ClF3N3O6/c1-4-45-22-7-5-6-16(28(22)42)24-15-8-9-17-25(18(15)13-19-21(40)12-14(2)27(41)26(19)24)31(44)39(30(17)43)38(3)29-20(33)10-11-23(37-29)32(34,35)36/h5-8,10-12,17-18,24-25,42H,4,9,13H2,1-3H3. The Bertz CT molecular complexity index is 1780. The van der Waals surface area contributed by atoms with Crippen molar-refractivity contribution in [3.8, 4) is 11.5 Å². The molecule has 1 saturated heterocycles. The number of halogens is 4. The number of allylic oxidation sites excluding steroid dienone is 6. The van der Waals surface area contributed by atoms with E-state index in [2.05, 4.69) is 4.98 Å². The number of anilines is 1. The van der Waals surface area contributed by atoms with Gasteiger partial charge in [0.1, 0.15) is 5.69 Å². The molecular weight excluding hydrogens is 615 g/mol. The zero-order valence-corrected chi connectivity index (χ0v) is 25.1. The van der Waals surface area contributed by atoms with E-state index in [1.807, 2.05) is 0 Å². The van der Waals surface area contributed by atoms with Gasteiger partial charge in [-0.05, 0) is 56.9 Å². The van der Waals surface area contributed by atoms with Crippen molar-refractivity contribution in [1.29, 1.82) is 0 Å². The number of carbonyl (C=O) groups is 4. The third-order valence-electron chi connectivity index (χ3n) is 8.91. The third-order valence-corrected chi connectivity index (χ3v) is 9.20. The summed E-state index contributed by atoms with van der Waals surface area (Å²) in [4.78, 5) is 58.4. The number of phenolic OH excluding ortho intramolecular Hbond substituents is 1. The Morgan fingerprint density at radius 1 is 1.11 bits per heavy atom. The number of amides is 2. The SMILES string of the molecule is CCOc1cccc(C2C3=CCC4C(=O)N(N(C)c5nc(C(F)(F)F)ccc5Cl)C(=O)C4C3CC3=C2C(=O)C(C)=CC3=O)c1O. The molecule has 6 rings (SSSR count). The van der Waals surface area contributed by atoms with E-state index in [0.29, 0.717) is 17.2 Å². The van der Waals surface area contributed by atoms with Crippen LogP contribution in [0.1, 0.15) is 43.9 Å². The second-order valence-electron chi connectivity index (χ2n) is 11.4. The molecule has 4 atom stereocenters. The number of Topliss-reactive ketones (excluding diaryl/α,β-unsaturated/α-hetero) is 1. The number of para-hydroxylation sites is 1. The highest BCUT2D eigenvalue weighted by atomic mass is 35.5. The molecule has 4 unspecified atom stereocenters. The summed E-state index contributed by atoms with van der Waals surface area (Å²) in [5, 5.41) is 12.7. The van der Waals surface area contributed by atoms with Crippen LogP contribution in [0.2, 0.25) is 5.02 Å². The van der Waals surface area contributed by atoms with Crippen LogP contribution in [-0.4, -0.2) is 52.1 Å². The molecule has 13 heteroatoms. The van der Waals surface area contributed by atoms with Crippen molar-refractivity contribution >= 4 is 40.8 Å². The van der Waals surface area contributed by atoms with Gasteiger partial charge in [-0.25, -0.2) is 4.98 Å². The molecule has 1 aromatic heterocycles. The van der Waals surface area contributed by atoms with Gasteiger partial charge in [-0.15, -0.1) is 0 Å². The predicted octanol–water partition coefficient (Wildman–Crippen LogP) is 5.34. The fraction of sp³-hybridized carbons (Fsp3) is 0.344. The van der Waals surface area contributed by atoms with Gasteiger partial charge in [-0.1, -0.05) is 35.4 Å². The average molecular weight is 642 g/mol. The topological polar surface area (TPSA) is 117 Å². The first-order valence-electron chi connectivity index (χ1n) is 14.3. The number of phenols is 1. The fourth-order valence-corrected chi connectivity index (χ4v) is 7.18. The molecule has 1 aromatic carbocycles. The number of hydrogen-bond acceptors (Lipinski definition) is 8. The van der Waals surface area contributed by atoms with Crippen LogP contribution in [0.15, 0.2) is 64.8 Å². The van der Waals surface area contributed by atoms with E-state index in [4.69, 9.17) is 16.3 Å². The molecule has 2 amide bonds. The summed E-state index contributed by atoms with van der Waals surface area (Å²) in [7, 11) is 1.23. The first kappa shape index (κ1) is 30.6. The smallest absolute Gasteiger partial charge is 0.433 e. The largest absolute Gasteiger partial charge is 0.504 e. The molecular formula is C32H27ClF3N3O6. The normalized spacial score (nSPS) is 24.6. The van der Waals surface area contributed by atoms with E-state index in [1.165, 1.54) is 20.0 Å². The van der Waals surface area contributed by atoms with E-state index in [1.54, 1.807) is 31.2 Å². The Labute approximate surface area is 260 Å². The van der Waals surface area contributed by atoms with Crippen molar-refractivity contribution in [1.82, 2.24) is 9.99 Å². The minimum atomic E-state index is -4.80. The molecule has 3 aliphatic carbocycles. The van der Waals surface area contributed by atoms with E-state index in [-0.39, 0.29) is 58.5 Å². The minimum Gasteiger partial charge on any atom is -0.504 e. The second kappa shape index (κ2) is 10.9. The lowest BCUT2D eigenvalue weighted by Crippen LogP contribution is -2.46. The molecule has 2 aromatic rings. The lowest BCUT2D eigenvalue weighted by molar-refractivity contribution is -0.141. The third kappa shape index (κ3) is 4.73. The number of benzene rings is 1. The van der Waals surface area contributed by atoms with Crippen LogP contribution in [0, 0.1) is 17.8 Å². The van der Waals surface area contributed by atoms with Crippen LogP contribution in [0.25, 0.3) is 0 Å². The van der Waals surface area contributed by atoms with Gasteiger partial charge in [0.2, 0.25) is 0 Å². The van der Waals surface area contributed by atoms with Crippen LogP contribution in [-0.2, 0) is 25.4 Å². The number of aromatic hydroxyl groups is 1. The molecule has 0 bridgehead atoms. The number of imide groups is 1. The lowest BCUT2D eigenvalue weighted by atomic mass is 9.59. The number of aromatic nitrogens is 1. The fourth-order valence-electron chi connectivity index (χ4n) is 6.95. The molecule has 1 N–H and O–H groups in total. The quantitative estimate of drug-likeness (QED) is 0.264. The molecule has 1 fully saturated rings. The highest BCUT2D eigenvalue weighted by Crippen LogP contribution is 2.57.